The van der Waals surface area contributed by atoms with Crippen LogP contribution in [0.25, 0.3) is 0 Å². The molecule has 22 heavy (non-hydrogen) atoms. The predicted octanol–water partition coefficient (Wildman–Crippen LogP) is 1.79. The molecular weight excluding hydrogens is 346 g/mol. The predicted molar refractivity (Wildman–Crippen MR) is 90.4 cm³/mol. The molecule has 0 atom stereocenters. The molecule has 0 unspecified atom stereocenters. The van der Waals surface area contributed by atoms with Crippen LogP contribution in [-0.4, -0.2) is 52.7 Å². The van der Waals surface area contributed by atoms with Gasteiger partial charge in [0.25, 0.3) is 0 Å². The molecule has 1 N–H and O–H groups in total. The standard InChI is InChI=1S/C14H18BrN7/c1-2-16-13-17-4-3-12(20-13)21-5-7-22(8-6-21)14-18-9-11(15)10-19-14/h3-4,9-10H,2,5-8H2,1H3,(H,16,17,20). The van der Waals surface area contributed by atoms with E-state index in [0.717, 1.165) is 49.0 Å². The molecule has 0 amide bonds. The molecule has 1 aliphatic heterocycles. The van der Waals surface area contributed by atoms with Gasteiger partial charge in [-0.1, -0.05) is 0 Å². The van der Waals surface area contributed by atoms with Crippen LogP contribution in [0.2, 0.25) is 0 Å². The second-order valence-corrected chi connectivity index (χ2v) is 5.86. The number of aromatic nitrogens is 4. The second kappa shape index (κ2) is 6.87. The summed E-state index contributed by atoms with van der Waals surface area (Å²) in [6.45, 7) is 6.39. The Hall–Kier alpha value is -1.96. The molecule has 2 aromatic rings. The summed E-state index contributed by atoms with van der Waals surface area (Å²) in [5, 5.41) is 3.14. The van der Waals surface area contributed by atoms with Crippen molar-refractivity contribution in [2.24, 2.45) is 0 Å². The number of hydrogen-bond acceptors (Lipinski definition) is 7. The van der Waals surface area contributed by atoms with Crippen LogP contribution in [0.4, 0.5) is 17.7 Å². The molecule has 1 aliphatic rings. The fraction of sp³-hybridized carbons (Fsp3) is 0.429. The van der Waals surface area contributed by atoms with E-state index in [2.05, 4.69) is 51.0 Å². The number of anilines is 3. The van der Waals surface area contributed by atoms with Gasteiger partial charge in [-0.2, -0.15) is 4.98 Å². The average Bonchev–Trinajstić information content (AvgIpc) is 2.56. The van der Waals surface area contributed by atoms with Gasteiger partial charge in [0.15, 0.2) is 0 Å². The Labute approximate surface area is 137 Å². The Balaban J connectivity index is 1.64. The first-order valence-electron chi connectivity index (χ1n) is 7.30. The van der Waals surface area contributed by atoms with Gasteiger partial charge in [-0.25, -0.2) is 15.0 Å². The van der Waals surface area contributed by atoms with Gasteiger partial charge in [0, 0.05) is 51.3 Å². The van der Waals surface area contributed by atoms with E-state index in [1.54, 1.807) is 18.6 Å². The molecule has 0 spiro atoms. The third-order valence-electron chi connectivity index (χ3n) is 3.47. The molecule has 0 aliphatic carbocycles. The minimum Gasteiger partial charge on any atom is -0.354 e. The quantitative estimate of drug-likeness (QED) is 0.887. The van der Waals surface area contributed by atoms with Crippen LogP contribution in [-0.2, 0) is 0 Å². The highest BCUT2D eigenvalue weighted by Crippen LogP contribution is 2.17. The number of nitrogens with one attached hydrogen (secondary N) is 1. The minimum absolute atomic E-state index is 0.679. The molecular formula is C14H18BrN7. The maximum absolute atomic E-state index is 4.54. The topological polar surface area (TPSA) is 70.1 Å². The van der Waals surface area contributed by atoms with Gasteiger partial charge in [-0.15, -0.1) is 0 Å². The highest BCUT2D eigenvalue weighted by atomic mass is 79.9. The smallest absolute Gasteiger partial charge is 0.225 e. The molecule has 0 aromatic carbocycles. The molecule has 1 saturated heterocycles. The number of piperazine rings is 1. The Morgan fingerprint density at radius 1 is 1.09 bits per heavy atom. The minimum atomic E-state index is 0.679. The normalized spacial score (nSPS) is 15.0. The summed E-state index contributed by atoms with van der Waals surface area (Å²) in [6, 6.07) is 1.95. The summed E-state index contributed by atoms with van der Waals surface area (Å²) >= 11 is 3.36. The zero-order valence-electron chi connectivity index (χ0n) is 12.4. The summed E-state index contributed by atoms with van der Waals surface area (Å²) in [4.78, 5) is 21.9. The first kappa shape index (κ1) is 15.0. The maximum atomic E-state index is 4.54. The monoisotopic (exact) mass is 363 g/mol. The van der Waals surface area contributed by atoms with E-state index in [9.17, 15) is 0 Å². The van der Waals surface area contributed by atoms with E-state index in [4.69, 9.17) is 0 Å². The summed E-state index contributed by atoms with van der Waals surface area (Å²) in [5.74, 6) is 2.42. The molecule has 116 valence electrons. The van der Waals surface area contributed by atoms with Crippen LogP contribution < -0.4 is 15.1 Å². The van der Waals surface area contributed by atoms with Crippen molar-refractivity contribution in [3.63, 3.8) is 0 Å². The van der Waals surface area contributed by atoms with E-state index in [-0.39, 0.29) is 0 Å². The lowest BCUT2D eigenvalue weighted by atomic mass is 10.3. The molecule has 2 aromatic heterocycles. The van der Waals surface area contributed by atoms with Crippen molar-refractivity contribution in [3.05, 3.63) is 29.1 Å². The van der Waals surface area contributed by atoms with E-state index < -0.39 is 0 Å². The second-order valence-electron chi connectivity index (χ2n) is 4.94. The summed E-state index contributed by atoms with van der Waals surface area (Å²) < 4.78 is 0.895. The largest absolute Gasteiger partial charge is 0.354 e. The van der Waals surface area contributed by atoms with Crippen molar-refractivity contribution in [1.29, 1.82) is 0 Å². The fourth-order valence-electron chi connectivity index (χ4n) is 2.37. The first-order chi connectivity index (χ1) is 10.8. The van der Waals surface area contributed by atoms with Gasteiger partial charge >= 0.3 is 0 Å². The van der Waals surface area contributed by atoms with Crippen LogP contribution in [0.3, 0.4) is 0 Å². The van der Waals surface area contributed by atoms with Gasteiger partial charge in [0.2, 0.25) is 11.9 Å². The Morgan fingerprint density at radius 2 is 1.77 bits per heavy atom. The van der Waals surface area contributed by atoms with Crippen molar-refractivity contribution in [2.45, 2.75) is 6.92 Å². The fourth-order valence-corrected chi connectivity index (χ4v) is 2.58. The molecule has 0 saturated carbocycles. The van der Waals surface area contributed by atoms with Crippen LogP contribution >= 0.6 is 15.9 Å². The van der Waals surface area contributed by atoms with Crippen LogP contribution in [0.15, 0.2) is 29.1 Å². The molecule has 3 heterocycles. The Morgan fingerprint density at radius 3 is 2.45 bits per heavy atom. The van der Waals surface area contributed by atoms with Crippen molar-refractivity contribution in [1.82, 2.24) is 19.9 Å². The zero-order chi connectivity index (χ0) is 15.4. The molecule has 8 heteroatoms. The Kier molecular flexibility index (Phi) is 4.67. The molecule has 0 bridgehead atoms. The van der Waals surface area contributed by atoms with Gasteiger partial charge in [0.05, 0.1) is 4.47 Å². The van der Waals surface area contributed by atoms with Gasteiger partial charge in [0.1, 0.15) is 5.82 Å². The SMILES string of the molecule is CCNc1nccc(N2CCN(c3ncc(Br)cn3)CC2)n1. The summed E-state index contributed by atoms with van der Waals surface area (Å²) in [5.41, 5.74) is 0. The van der Waals surface area contributed by atoms with E-state index in [1.165, 1.54) is 0 Å². The molecule has 3 rings (SSSR count). The summed E-state index contributed by atoms with van der Waals surface area (Å²) in [7, 11) is 0. The van der Waals surface area contributed by atoms with Gasteiger partial charge in [-0.3, -0.25) is 0 Å². The molecule has 7 nitrogen and oxygen atoms in total. The van der Waals surface area contributed by atoms with Crippen LogP contribution in [0.1, 0.15) is 6.92 Å². The lowest BCUT2D eigenvalue weighted by Crippen LogP contribution is -2.47. The van der Waals surface area contributed by atoms with Crippen molar-refractivity contribution in [2.75, 3.05) is 47.8 Å². The van der Waals surface area contributed by atoms with Crippen molar-refractivity contribution >= 4 is 33.6 Å². The molecule has 1 fully saturated rings. The van der Waals surface area contributed by atoms with Gasteiger partial charge in [-0.05, 0) is 28.9 Å². The lowest BCUT2D eigenvalue weighted by molar-refractivity contribution is 0.634. The van der Waals surface area contributed by atoms with E-state index >= 15 is 0 Å². The third-order valence-corrected chi connectivity index (χ3v) is 3.88. The number of hydrogen-bond donors (Lipinski definition) is 1. The van der Waals surface area contributed by atoms with Gasteiger partial charge < -0.3 is 15.1 Å². The third kappa shape index (κ3) is 3.44. The van der Waals surface area contributed by atoms with Crippen LogP contribution in [0.5, 0.6) is 0 Å². The van der Waals surface area contributed by atoms with Crippen molar-refractivity contribution in [3.8, 4) is 0 Å². The van der Waals surface area contributed by atoms with E-state index in [1.807, 2.05) is 13.0 Å². The van der Waals surface area contributed by atoms with Crippen molar-refractivity contribution < 1.29 is 0 Å². The Bertz CT molecular complexity index is 611. The zero-order valence-corrected chi connectivity index (χ0v) is 14.0. The molecule has 0 radical (unpaired) electrons. The van der Waals surface area contributed by atoms with E-state index in [0.29, 0.717) is 5.95 Å². The number of rotatable bonds is 4. The highest BCUT2D eigenvalue weighted by Gasteiger charge is 2.20. The van der Waals surface area contributed by atoms with Crippen LogP contribution in [0, 0.1) is 0 Å². The average molecular weight is 364 g/mol. The number of nitrogens with zero attached hydrogens (tertiary/aromatic N) is 6. The highest BCUT2D eigenvalue weighted by molar-refractivity contribution is 9.10. The summed E-state index contributed by atoms with van der Waals surface area (Å²) in [6.07, 6.45) is 5.36. The first-order valence-corrected chi connectivity index (χ1v) is 8.10. The number of halogens is 1. The lowest BCUT2D eigenvalue weighted by Gasteiger charge is -2.35. The maximum Gasteiger partial charge on any atom is 0.225 e.